The lowest BCUT2D eigenvalue weighted by molar-refractivity contribution is -0.106. The molecule has 0 saturated carbocycles. The van der Waals surface area contributed by atoms with Crippen LogP contribution in [0.15, 0.2) is 24.5 Å². The molecule has 11 heavy (non-hydrogen) atoms. The molecule has 0 radical (unpaired) electrons. The number of pyridine rings is 1. The summed E-state index contributed by atoms with van der Waals surface area (Å²) in [4.78, 5) is 3.89. The predicted octanol–water partition coefficient (Wildman–Crippen LogP) is 1.37. The number of ether oxygens (including phenoxy) is 2. The Morgan fingerprint density at radius 3 is 2.18 bits per heavy atom. The molecule has 1 aromatic rings. The van der Waals surface area contributed by atoms with Crippen molar-refractivity contribution in [1.82, 2.24) is 4.98 Å². The number of rotatable bonds is 3. The van der Waals surface area contributed by atoms with Gasteiger partial charge in [0.05, 0.1) is 0 Å². The van der Waals surface area contributed by atoms with Crippen molar-refractivity contribution in [2.75, 3.05) is 14.2 Å². The van der Waals surface area contributed by atoms with E-state index in [9.17, 15) is 0 Å². The number of aromatic nitrogens is 1. The molecule has 1 heterocycles. The summed E-state index contributed by atoms with van der Waals surface area (Å²) >= 11 is 0. The molecule has 3 heteroatoms. The normalized spacial score (nSPS) is 10.5. The van der Waals surface area contributed by atoms with E-state index in [2.05, 4.69) is 4.98 Å². The van der Waals surface area contributed by atoms with Crippen LogP contribution in [0, 0.1) is 0 Å². The molecule has 60 valence electrons. The van der Waals surface area contributed by atoms with Gasteiger partial charge in [-0.2, -0.15) is 0 Å². The Hall–Kier alpha value is -0.930. The van der Waals surface area contributed by atoms with Crippen LogP contribution in [0.4, 0.5) is 0 Å². The molecule has 3 nitrogen and oxygen atoms in total. The zero-order valence-corrected chi connectivity index (χ0v) is 6.65. The zero-order valence-electron chi connectivity index (χ0n) is 6.65. The maximum atomic E-state index is 5.04. The second-order valence-electron chi connectivity index (χ2n) is 2.08. The Morgan fingerprint density at radius 2 is 1.73 bits per heavy atom. The molecule has 0 amide bonds. The second-order valence-corrected chi connectivity index (χ2v) is 2.08. The van der Waals surface area contributed by atoms with Gasteiger partial charge in [0.15, 0.2) is 6.29 Å². The summed E-state index contributed by atoms with van der Waals surface area (Å²) in [5.74, 6) is 0. The molecule has 0 fully saturated rings. The van der Waals surface area contributed by atoms with Gasteiger partial charge in [0.25, 0.3) is 0 Å². The van der Waals surface area contributed by atoms with Crippen molar-refractivity contribution in [2.24, 2.45) is 0 Å². The molecule has 0 aromatic carbocycles. The van der Waals surface area contributed by atoms with Gasteiger partial charge in [-0.05, 0) is 12.1 Å². The van der Waals surface area contributed by atoms with Gasteiger partial charge in [-0.1, -0.05) is 0 Å². The van der Waals surface area contributed by atoms with Gasteiger partial charge < -0.3 is 9.47 Å². The standard InChI is InChI=1S/C8H11NO2/c1-10-8(11-2)7-3-5-9-6-4-7/h3-6,8H,1-2H3. The van der Waals surface area contributed by atoms with Crippen molar-refractivity contribution in [3.8, 4) is 0 Å². The van der Waals surface area contributed by atoms with Gasteiger partial charge in [-0.3, -0.25) is 4.98 Å². The third-order valence-electron chi connectivity index (χ3n) is 1.41. The minimum absolute atomic E-state index is 0.280. The van der Waals surface area contributed by atoms with E-state index in [1.54, 1.807) is 26.6 Å². The van der Waals surface area contributed by atoms with Crippen molar-refractivity contribution in [3.05, 3.63) is 30.1 Å². The second kappa shape index (κ2) is 4.05. The third kappa shape index (κ3) is 2.00. The Kier molecular flexibility index (Phi) is 3.01. The molecule has 0 spiro atoms. The van der Waals surface area contributed by atoms with Crippen LogP contribution in [0.25, 0.3) is 0 Å². The average molecular weight is 153 g/mol. The lowest BCUT2D eigenvalue weighted by atomic mass is 10.3. The van der Waals surface area contributed by atoms with Crippen molar-refractivity contribution in [3.63, 3.8) is 0 Å². The molecule has 0 N–H and O–H groups in total. The first kappa shape index (κ1) is 8.17. The van der Waals surface area contributed by atoms with Gasteiger partial charge in [-0.25, -0.2) is 0 Å². The molecule has 0 aliphatic heterocycles. The highest BCUT2D eigenvalue weighted by Gasteiger charge is 2.06. The van der Waals surface area contributed by atoms with E-state index in [-0.39, 0.29) is 6.29 Å². The Bertz CT molecular complexity index is 197. The van der Waals surface area contributed by atoms with Crippen molar-refractivity contribution in [1.29, 1.82) is 0 Å². The molecule has 0 saturated heterocycles. The minimum atomic E-state index is -0.280. The van der Waals surface area contributed by atoms with E-state index >= 15 is 0 Å². The van der Waals surface area contributed by atoms with Gasteiger partial charge >= 0.3 is 0 Å². The lowest BCUT2D eigenvalue weighted by Gasteiger charge is -2.12. The summed E-state index contributed by atoms with van der Waals surface area (Å²) in [6, 6.07) is 3.72. The summed E-state index contributed by atoms with van der Waals surface area (Å²) < 4.78 is 10.1. The topological polar surface area (TPSA) is 31.4 Å². The Balaban J connectivity index is 2.74. The number of hydrogen-bond donors (Lipinski definition) is 0. The molecule has 0 bridgehead atoms. The van der Waals surface area contributed by atoms with E-state index in [0.717, 1.165) is 5.56 Å². The molecule has 0 aliphatic rings. The minimum Gasteiger partial charge on any atom is -0.352 e. The fraction of sp³-hybridized carbons (Fsp3) is 0.375. The van der Waals surface area contributed by atoms with Gasteiger partial charge in [-0.15, -0.1) is 0 Å². The maximum absolute atomic E-state index is 5.04. The summed E-state index contributed by atoms with van der Waals surface area (Å²) in [5, 5.41) is 0. The first-order chi connectivity index (χ1) is 5.38. The van der Waals surface area contributed by atoms with Crippen LogP contribution in [0.1, 0.15) is 11.9 Å². The van der Waals surface area contributed by atoms with Gasteiger partial charge in [0.2, 0.25) is 0 Å². The van der Waals surface area contributed by atoms with Crippen LogP contribution in [0.5, 0.6) is 0 Å². The highest BCUT2D eigenvalue weighted by atomic mass is 16.7. The predicted molar refractivity (Wildman–Crippen MR) is 41.0 cm³/mol. The summed E-state index contributed by atoms with van der Waals surface area (Å²) in [7, 11) is 3.21. The SMILES string of the molecule is COC(OC)c1ccncc1. The fourth-order valence-electron chi connectivity index (χ4n) is 0.889. The van der Waals surface area contributed by atoms with E-state index in [4.69, 9.17) is 9.47 Å². The van der Waals surface area contributed by atoms with Crippen LogP contribution < -0.4 is 0 Å². The summed E-state index contributed by atoms with van der Waals surface area (Å²) in [5.41, 5.74) is 0.977. The molecule has 0 unspecified atom stereocenters. The fourth-order valence-corrected chi connectivity index (χ4v) is 0.889. The summed E-state index contributed by atoms with van der Waals surface area (Å²) in [6.07, 6.45) is 3.14. The van der Waals surface area contributed by atoms with Crippen molar-refractivity contribution in [2.45, 2.75) is 6.29 Å². The van der Waals surface area contributed by atoms with Gasteiger partial charge in [0.1, 0.15) is 0 Å². The van der Waals surface area contributed by atoms with Crippen molar-refractivity contribution >= 4 is 0 Å². The van der Waals surface area contributed by atoms with E-state index in [0.29, 0.717) is 0 Å². The smallest absolute Gasteiger partial charge is 0.183 e. The van der Waals surface area contributed by atoms with E-state index < -0.39 is 0 Å². The van der Waals surface area contributed by atoms with Crippen LogP contribution in [0.2, 0.25) is 0 Å². The molecule has 0 atom stereocenters. The highest BCUT2D eigenvalue weighted by molar-refractivity contribution is 5.10. The number of hydrogen-bond acceptors (Lipinski definition) is 3. The zero-order chi connectivity index (χ0) is 8.10. The molecule has 0 aliphatic carbocycles. The van der Waals surface area contributed by atoms with Crippen molar-refractivity contribution < 1.29 is 9.47 Å². The Morgan fingerprint density at radius 1 is 1.18 bits per heavy atom. The number of nitrogens with zero attached hydrogens (tertiary/aromatic N) is 1. The highest BCUT2D eigenvalue weighted by Crippen LogP contribution is 2.14. The van der Waals surface area contributed by atoms with Crippen LogP contribution in [-0.2, 0) is 9.47 Å². The van der Waals surface area contributed by atoms with E-state index in [1.807, 2.05) is 12.1 Å². The average Bonchev–Trinajstić information content (AvgIpc) is 2.09. The largest absolute Gasteiger partial charge is 0.352 e. The quantitative estimate of drug-likeness (QED) is 0.614. The summed E-state index contributed by atoms with van der Waals surface area (Å²) in [6.45, 7) is 0. The van der Waals surface area contributed by atoms with Gasteiger partial charge in [0, 0.05) is 32.2 Å². The molecular formula is C8H11NO2. The third-order valence-corrected chi connectivity index (χ3v) is 1.41. The van der Waals surface area contributed by atoms with Crippen LogP contribution in [-0.4, -0.2) is 19.2 Å². The van der Waals surface area contributed by atoms with Crippen LogP contribution >= 0.6 is 0 Å². The first-order valence-electron chi connectivity index (χ1n) is 3.34. The van der Waals surface area contributed by atoms with Crippen LogP contribution in [0.3, 0.4) is 0 Å². The monoisotopic (exact) mass is 153 g/mol. The molecule has 1 rings (SSSR count). The Labute approximate surface area is 66.0 Å². The first-order valence-corrected chi connectivity index (χ1v) is 3.34. The lowest BCUT2D eigenvalue weighted by Crippen LogP contribution is -2.02. The number of methoxy groups -OCH3 is 2. The molecular weight excluding hydrogens is 142 g/mol. The maximum Gasteiger partial charge on any atom is 0.183 e. The van der Waals surface area contributed by atoms with E-state index in [1.165, 1.54) is 0 Å². The molecule has 1 aromatic heterocycles.